The topological polar surface area (TPSA) is 94.8 Å². The molecular formula is C21H32O5. The second kappa shape index (κ2) is 11.1. The summed E-state index contributed by atoms with van der Waals surface area (Å²) in [6.45, 7) is 3.79. The van der Waals surface area contributed by atoms with Crippen LogP contribution in [0, 0.1) is 11.8 Å². The van der Waals surface area contributed by atoms with Crippen molar-refractivity contribution in [3.63, 3.8) is 0 Å². The van der Waals surface area contributed by atoms with Crippen LogP contribution in [0.25, 0.3) is 0 Å². The first-order valence-electron chi connectivity index (χ1n) is 9.42. The molecule has 26 heavy (non-hydrogen) atoms. The molecule has 0 saturated heterocycles. The molecule has 5 heteroatoms. The Balaban J connectivity index is 2.48. The fourth-order valence-electron chi connectivity index (χ4n) is 3.13. The summed E-state index contributed by atoms with van der Waals surface area (Å²) in [7, 11) is 0. The van der Waals surface area contributed by atoms with Gasteiger partial charge < -0.3 is 15.3 Å². The lowest BCUT2D eigenvalue weighted by Crippen LogP contribution is -2.19. The molecule has 1 rings (SSSR count). The van der Waals surface area contributed by atoms with Gasteiger partial charge in [-0.25, -0.2) is 4.79 Å². The number of allylic oxidation sites excluding steroid dienone is 4. The van der Waals surface area contributed by atoms with Crippen molar-refractivity contribution in [1.82, 2.24) is 0 Å². The Morgan fingerprint density at radius 1 is 1.31 bits per heavy atom. The third-order valence-electron chi connectivity index (χ3n) is 4.73. The summed E-state index contributed by atoms with van der Waals surface area (Å²) in [6.07, 6.45) is 14.3. The molecule has 1 saturated carbocycles. The van der Waals surface area contributed by atoms with Gasteiger partial charge in [-0.15, -0.1) is 0 Å². The first kappa shape index (κ1) is 22.3. The maximum absolute atomic E-state index is 12.1. The van der Waals surface area contributed by atoms with E-state index < -0.39 is 17.7 Å². The summed E-state index contributed by atoms with van der Waals surface area (Å²) in [5, 5.41) is 28.1. The van der Waals surface area contributed by atoms with Gasteiger partial charge in [-0.05, 0) is 51.4 Å². The number of carboxylic acids is 1. The zero-order valence-electron chi connectivity index (χ0n) is 15.8. The van der Waals surface area contributed by atoms with E-state index in [0.717, 1.165) is 12.8 Å². The van der Waals surface area contributed by atoms with Gasteiger partial charge in [0.15, 0.2) is 6.10 Å². The summed E-state index contributed by atoms with van der Waals surface area (Å²) >= 11 is 0. The Morgan fingerprint density at radius 3 is 2.69 bits per heavy atom. The van der Waals surface area contributed by atoms with Crippen LogP contribution in [-0.4, -0.2) is 38.8 Å². The monoisotopic (exact) mass is 364 g/mol. The maximum atomic E-state index is 12.1. The number of hydrogen-bond donors (Lipinski definition) is 3. The average molecular weight is 364 g/mol. The summed E-state index contributed by atoms with van der Waals surface area (Å²) in [5.41, 5.74) is -0.866. The van der Waals surface area contributed by atoms with Crippen LogP contribution in [0.4, 0.5) is 0 Å². The number of hydrogen-bond acceptors (Lipinski definition) is 4. The van der Waals surface area contributed by atoms with Gasteiger partial charge in [-0.3, -0.25) is 4.79 Å². The molecule has 146 valence electrons. The van der Waals surface area contributed by atoms with Gasteiger partial charge in [0, 0.05) is 12.3 Å². The van der Waals surface area contributed by atoms with Gasteiger partial charge in [-0.1, -0.05) is 43.4 Å². The van der Waals surface area contributed by atoms with E-state index in [9.17, 15) is 19.8 Å². The standard InChI is InChI=1S/C21H32O5/c1-3-4-14-21(2,26)15-8-9-16-12-13-18(22)17(16)10-6-5-7-11-19(23)20(24)25/h4-6,8-9,14,16-17,19,23,26H,3,7,10-13,15H2,1-2H3,(H,24,25)/t16-,17+,19?,21?/m0/s1. The molecule has 0 heterocycles. The van der Waals surface area contributed by atoms with Crippen molar-refractivity contribution in [1.29, 1.82) is 0 Å². The van der Waals surface area contributed by atoms with E-state index in [1.54, 1.807) is 6.92 Å². The Labute approximate surface area is 156 Å². The van der Waals surface area contributed by atoms with Crippen LogP contribution < -0.4 is 0 Å². The summed E-state index contributed by atoms with van der Waals surface area (Å²) in [6, 6.07) is 0. The number of aliphatic hydroxyl groups is 2. The van der Waals surface area contributed by atoms with Gasteiger partial charge in [0.2, 0.25) is 0 Å². The molecule has 1 aliphatic carbocycles. The first-order valence-corrected chi connectivity index (χ1v) is 9.42. The zero-order valence-corrected chi connectivity index (χ0v) is 15.8. The predicted molar refractivity (Wildman–Crippen MR) is 102 cm³/mol. The molecule has 0 bridgehead atoms. The van der Waals surface area contributed by atoms with E-state index >= 15 is 0 Å². The van der Waals surface area contributed by atoms with Gasteiger partial charge in [0.25, 0.3) is 0 Å². The van der Waals surface area contributed by atoms with Crippen molar-refractivity contribution in [2.75, 3.05) is 0 Å². The third-order valence-corrected chi connectivity index (χ3v) is 4.73. The largest absolute Gasteiger partial charge is 0.479 e. The molecule has 0 aromatic carbocycles. The molecule has 0 spiro atoms. The molecular weight excluding hydrogens is 332 g/mol. The highest BCUT2D eigenvalue weighted by molar-refractivity contribution is 5.83. The molecule has 3 N–H and O–H groups in total. The van der Waals surface area contributed by atoms with Crippen LogP contribution >= 0.6 is 0 Å². The maximum Gasteiger partial charge on any atom is 0.332 e. The summed E-state index contributed by atoms with van der Waals surface area (Å²) in [4.78, 5) is 22.6. The Bertz CT molecular complexity index is 545. The summed E-state index contributed by atoms with van der Waals surface area (Å²) < 4.78 is 0. The lowest BCUT2D eigenvalue weighted by molar-refractivity contribution is -0.146. The number of aliphatic carboxylic acids is 1. The van der Waals surface area contributed by atoms with E-state index in [-0.39, 0.29) is 24.0 Å². The van der Waals surface area contributed by atoms with Crippen molar-refractivity contribution in [3.8, 4) is 0 Å². The molecule has 4 atom stereocenters. The highest BCUT2D eigenvalue weighted by Gasteiger charge is 2.31. The predicted octanol–water partition coefficient (Wildman–Crippen LogP) is 3.42. The number of carboxylic acid groups (broad SMARTS) is 1. The lowest BCUT2D eigenvalue weighted by atomic mass is 9.90. The number of carbonyl (C=O) groups excluding carboxylic acids is 1. The molecule has 1 fully saturated rings. The second-order valence-corrected chi connectivity index (χ2v) is 7.21. The van der Waals surface area contributed by atoms with Crippen LogP contribution in [-0.2, 0) is 9.59 Å². The number of rotatable bonds is 11. The minimum Gasteiger partial charge on any atom is -0.479 e. The van der Waals surface area contributed by atoms with Crippen LogP contribution in [0.2, 0.25) is 0 Å². The zero-order chi connectivity index (χ0) is 19.6. The SMILES string of the molecule is CCC=CC(C)(O)CC=C[C@H]1CCC(=O)[C@@H]1CC=CCCC(O)C(=O)O. The van der Waals surface area contributed by atoms with E-state index in [4.69, 9.17) is 5.11 Å². The Morgan fingerprint density at radius 2 is 2.04 bits per heavy atom. The minimum absolute atomic E-state index is 0.0527. The molecule has 0 aliphatic heterocycles. The number of aliphatic hydroxyl groups excluding tert-OH is 1. The Hall–Kier alpha value is -1.72. The van der Waals surface area contributed by atoms with Gasteiger partial charge in [0.05, 0.1) is 5.60 Å². The average Bonchev–Trinajstić information content (AvgIpc) is 2.92. The van der Waals surface area contributed by atoms with Gasteiger partial charge in [-0.2, -0.15) is 0 Å². The van der Waals surface area contributed by atoms with Gasteiger partial charge in [0.1, 0.15) is 5.78 Å². The summed E-state index contributed by atoms with van der Waals surface area (Å²) in [5.74, 6) is -0.822. The lowest BCUT2D eigenvalue weighted by Gasteiger charge is -2.17. The van der Waals surface area contributed by atoms with E-state index in [0.29, 0.717) is 25.7 Å². The first-order chi connectivity index (χ1) is 12.3. The fourth-order valence-corrected chi connectivity index (χ4v) is 3.13. The van der Waals surface area contributed by atoms with Crippen molar-refractivity contribution >= 4 is 11.8 Å². The second-order valence-electron chi connectivity index (χ2n) is 7.21. The molecule has 5 nitrogen and oxygen atoms in total. The fraction of sp³-hybridized carbons (Fsp3) is 0.619. The van der Waals surface area contributed by atoms with E-state index in [2.05, 4.69) is 0 Å². The van der Waals surface area contributed by atoms with Crippen LogP contribution in [0.3, 0.4) is 0 Å². The number of ketones is 1. The van der Waals surface area contributed by atoms with Crippen molar-refractivity contribution < 1.29 is 24.9 Å². The van der Waals surface area contributed by atoms with E-state index in [1.807, 2.05) is 43.4 Å². The molecule has 0 amide bonds. The molecule has 2 unspecified atom stereocenters. The van der Waals surface area contributed by atoms with Crippen molar-refractivity contribution in [3.05, 3.63) is 36.5 Å². The van der Waals surface area contributed by atoms with Crippen LogP contribution in [0.1, 0.15) is 58.8 Å². The highest BCUT2D eigenvalue weighted by atomic mass is 16.4. The van der Waals surface area contributed by atoms with Gasteiger partial charge >= 0.3 is 5.97 Å². The Kier molecular flexibility index (Phi) is 9.52. The van der Waals surface area contributed by atoms with Crippen molar-refractivity contribution in [2.45, 2.75) is 70.5 Å². The van der Waals surface area contributed by atoms with E-state index in [1.165, 1.54) is 0 Å². The molecule has 0 aromatic heterocycles. The highest BCUT2D eigenvalue weighted by Crippen LogP contribution is 2.33. The van der Waals surface area contributed by atoms with Crippen LogP contribution in [0.15, 0.2) is 36.5 Å². The smallest absolute Gasteiger partial charge is 0.332 e. The molecule has 1 aliphatic rings. The number of carbonyl (C=O) groups is 2. The molecule has 0 radical (unpaired) electrons. The third kappa shape index (κ3) is 8.11. The normalized spacial score (nSPS) is 24.7. The van der Waals surface area contributed by atoms with Crippen molar-refractivity contribution in [2.24, 2.45) is 11.8 Å². The van der Waals surface area contributed by atoms with Crippen LogP contribution in [0.5, 0.6) is 0 Å². The molecule has 0 aromatic rings. The number of Topliss-reactive ketones (excluding diaryl/α,β-unsaturated/α-hetero) is 1. The minimum atomic E-state index is -1.34. The quantitative estimate of drug-likeness (QED) is 0.488.